The first-order valence-corrected chi connectivity index (χ1v) is 7.99. The van der Waals surface area contributed by atoms with E-state index in [1.807, 2.05) is 20.8 Å². The Hall–Kier alpha value is -0.610. The first kappa shape index (κ1) is 17.4. The van der Waals surface area contributed by atoms with Crippen LogP contribution in [-0.4, -0.2) is 48.7 Å². The van der Waals surface area contributed by atoms with Crippen LogP contribution in [0.2, 0.25) is 0 Å². The number of piperidine rings is 1. The summed E-state index contributed by atoms with van der Waals surface area (Å²) in [6.07, 6.45) is 5.26. The molecule has 1 N–H and O–H groups in total. The lowest BCUT2D eigenvalue weighted by Crippen LogP contribution is -2.49. The smallest absolute Gasteiger partial charge is 0.323 e. The normalized spacial score (nSPS) is 19.9. The molecule has 4 nitrogen and oxygen atoms in total. The molecule has 0 spiro atoms. The molecule has 0 radical (unpaired) electrons. The minimum Gasteiger partial charge on any atom is -0.459 e. The monoisotopic (exact) mass is 284 g/mol. The summed E-state index contributed by atoms with van der Waals surface area (Å²) >= 11 is 0. The van der Waals surface area contributed by atoms with Gasteiger partial charge in [-0.3, -0.25) is 4.79 Å². The third kappa shape index (κ3) is 6.71. The predicted octanol–water partition coefficient (Wildman–Crippen LogP) is 2.57. The molecule has 0 amide bonds. The molecule has 1 saturated heterocycles. The average molecular weight is 284 g/mol. The van der Waals surface area contributed by atoms with Gasteiger partial charge in [-0.25, -0.2) is 0 Å². The maximum absolute atomic E-state index is 12.3. The molecule has 118 valence electrons. The molecule has 1 heterocycles. The number of ether oxygens (including phenoxy) is 1. The molecule has 0 unspecified atom stereocenters. The summed E-state index contributed by atoms with van der Waals surface area (Å²) < 4.78 is 5.55. The van der Waals surface area contributed by atoms with Crippen molar-refractivity contribution in [2.75, 3.05) is 20.1 Å². The Morgan fingerprint density at radius 3 is 2.45 bits per heavy atom. The molecule has 1 fully saturated rings. The van der Waals surface area contributed by atoms with Gasteiger partial charge in [-0.05, 0) is 60.2 Å². The van der Waals surface area contributed by atoms with Gasteiger partial charge in [0.1, 0.15) is 11.6 Å². The van der Waals surface area contributed by atoms with Crippen LogP contribution in [0.5, 0.6) is 0 Å². The minimum absolute atomic E-state index is 0.0927. The van der Waals surface area contributed by atoms with Crippen molar-refractivity contribution in [3.8, 4) is 0 Å². The highest BCUT2D eigenvalue weighted by atomic mass is 16.6. The lowest BCUT2D eigenvalue weighted by molar-refractivity contribution is -0.158. The molecule has 0 saturated carbocycles. The molecule has 0 bridgehead atoms. The van der Waals surface area contributed by atoms with E-state index in [4.69, 9.17) is 4.74 Å². The molecule has 0 aromatic heterocycles. The van der Waals surface area contributed by atoms with Crippen molar-refractivity contribution in [2.24, 2.45) is 0 Å². The second kappa shape index (κ2) is 7.99. The van der Waals surface area contributed by atoms with Crippen LogP contribution in [0, 0.1) is 0 Å². The Balaban J connectivity index is 2.52. The molecule has 20 heavy (non-hydrogen) atoms. The summed E-state index contributed by atoms with van der Waals surface area (Å²) in [5, 5.41) is 3.53. The highest BCUT2D eigenvalue weighted by molar-refractivity contribution is 5.76. The summed E-state index contributed by atoms with van der Waals surface area (Å²) in [5.41, 5.74) is -0.407. The predicted molar refractivity (Wildman–Crippen MR) is 82.8 cm³/mol. The second-order valence-electron chi connectivity index (χ2n) is 6.97. The van der Waals surface area contributed by atoms with Gasteiger partial charge in [-0.15, -0.1) is 0 Å². The van der Waals surface area contributed by atoms with Gasteiger partial charge in [0, 0.05) is 6.04 Å². The SMILES string of the molecule is CCCC[C@H](NC1CCN(C)CC1)C(=O)OC(C)(C)C. The van der Waals surface area contributed by atoms with E-state index in [0.717, 1.165) is 45.2 Å². The van der Waals surface area contributed by atoms with Gasteiger partial charge in [0.25, 0.3) is 0 Å². The van der Waals surface area contributed by atoms with E-state index in [1.54, 1.807) is 0 Å². The maximum Gasteiger partial charge on any atom is 0.323 e. The van der Waals surface area contributed by atoms with E-state index < -0.39 is 5.60 Å². The van der Waals surface area contributed by atoms with Crippen LogP contribution in [0.15, 0.2) is 0 Å². The second-order valence-corrected chi connectivity index (χ2v) is 6.97. The van der Waals surface area contributed by atoms with Crippen molar-refractivity contribution in [3.63, 3.8) is 0 Å². The van der Waals surface area contributed by atoms with Crippen molar-refractivity contribution < 1.29 is 9.53 Å². The Kier molecular flexibility index (Phi) is 6.96. The zero-order chi connectivity index (χ0) is 15.2. The summed E-state index contributed by atoms with van der Waals surface area (Å²) in [7, 11) is 2.15. The number of hydrogen-bond acceptors (Lipinski definition) is 4. The minimum atomic E-state index is -0.407. The van der Waals surface area contributed by atoms with Gasteiger partial charge in [-0.2, -0.15) is 0 Å². The fourth-order valence-electron chi connectivity index (χ4n) is 2.51. The molecule has 0 aromatic carbocycles. The topological polar surface area (TPSA) is 41.6 Å². The van der Waals surface area contributed by atoms with Crippen molar-refractivity contribution in [3.05, 3.63) is 0 Å². The number of carbonyl (C=O) groups excluding carboxylic acids is 1. The summed E-state index contributed by atoms with van der Waals surface area (Å²) in [5.74, 6) is -0.0927. The fraction of sp³-hybridized carbons (Fsp3) is 0.938. The first-order chi connectivity index (χ1) is 9.31. The largest absolute Gasteiger partial charge is 0.459 e. The van der Waals surface area contributed by atoms with Gasteiger partial charge in [0.05, 0.1) is 0 Å². The number of nitrogens with zero attached hydrogens (tertiary/aromatic N) is 1. The summed E-state index contributed by atoms with van der Waals surface area (Å²) in [6.45, 7) is 10.1. The van der Waals surface area contributed by atoms with Gasteiger partial charge in [-0.1, -0.05) is 19.8 Å². The van der Waals surface area contributed by atoms with Crippen molar-refractivity contribution in [1.29, 1.82) is 0 Å². The number of nitrogens with one attached hydrogen (secondary N) is 1. The van der Waals surface area contributed by atoms with Crippen molar-refractivity contribution >= 4 is 5.97 Å². The Bertz CT molecular complexity index is 291. The molecule has 0 aromatic rings. The number of unbranched alkanes of at least 4 members (excludes halogenated alkanes) is 1. The molecule has 4 heteroatoms. The average Bonchev–Trinajstić information content (AvgIpc) is 2.34. The lowest BCUT2D eigenvalue weighted by Gasteiger charge is -2.33. The summed E-state index contributed by atoms with van der Waals surface area (Å²) in [4.78, 5) is 14.6. The van der Waals surface area contributed by atoms with Crippen LogP contribution >= 0.6 is 0 Å². The number of likely N-dealkylation sites (tertiary alicyclic amines) is 1. The van der Waals surface area contributed by atoms with E-state index in [2.05, 4.69) is 24.2 Å². The van der Waals surface area contributed by atoms with Crippen molar-refractivity contribution in [2.45, 2.75) is 77.5 Å². The lowest BCUT2D eigenvalue weighted by atomic mass is 10.0. The molecule has 1 rings (SSSR count). The van der Waals surface area contributed by atoms with E-state index in [0.29, 0.717) is 6.04 Å². The van der Waals surface area contributed by atoms with E-state index in [1.165, 1.54) is 0 Å². The van der Waals surface area contributed by atoms with Crippen LogP contribution in [-0.2, 0) is 9.53 Å². The van der Waals surface area contributed by atoms with Gasteiger partial charge in [0.15, 0.2) is 0 Å². The molecular weight excluding hydrogens is 252 g/mol. The number of esters is 1. The third-order valence-corrected chi connectivity index (χ3v) is 3.69. The fourth-order valence-corrected chi connectivity index (χ4v) is 2.51. The highest BCUT2D eigenvalue weighted by Gasteiger charge is 2.27. The van der Waals surface area contributed by atoms with Crippen molar-refractivity contribution in [1.82, 2.24) is 10.2 Å². The molecule has 1 atom stereocenters. The number of rotatable bonds is 6. The van der Waals surface area contributed by atoms with E-state index in [9.17, 15) is 4.79 Å². The molecule has 1 aliphatic heterocycles. The highest BCUT2D eigenvalue weighted by Crippen LogP contribution is 2.15. The van der Waals surface area contributed by atoms with Crippen LogP contribution in [0.3, 0.4) is 0 Å². The molecular formula is C16H32N2O2. The zero-order valence-corrected chi connectivity index (χ0v) is 13.9. The number of hydrogen-bond donors (Lipinski definition) is 1. The Labute approximate surface area is 124 Å². The molecule has 1 aliphatic rings. The standard InChI is InChI=1S/C16H32N2O2/c1-6-7-8-14(15(19)20-16(2,3)4)17-13-9-11-18(5)12-10-13/h13-14,17H,6-12H2,1-5H3/t14-/m0/s1. The third-order valence-electron chi connectivity index (χ3n) is 3.69. The van der Waals surface area contributed by atoms with Gasteiger partial charge < -0.3 is 15.0 Å². The zero-order valence-electron chi connectivity index (χ0n) is 13.9. The van der Waals surface area contributed by atoms with Gasteiger partial charge >= 0.3 is 5.97 Å². The maximum atomic E-state index is 12.3. The first-order valence-electron chi connectivity index (χ1n) is 7.99. The number of carbonyl (C=O) groups is 1. The van der Waals surface area contributed by atoms with Crippen LogP contribution < -0.4 is 5.32 Å². The Morgan fingerprint density at radius 2 is 1.95 bits per heavy atom. The van der Waals surface area contributed by atoms with Crippen LogP contribution in [0.25, 0.3) is 0 Å². The Morgan fingerprint density at radius 1 is 1.35 bits per heavy atom. The van der Waals surface area contributed by atoms with Crippen LogP contribution in [0.1, 0.15) is 59.8 Å². The quantitative estimate of drug-likeness (QED) is 0.761. The van der Waals surface area contributed by atoms with E-state index >= 15 is 0 Å². The van der Waals surface area contributed by atoms with Crippen LogP contribution in [0.4, 0.5) is 0 Å². The van der Waals surface area contributed by atoms with E-state index in [-0.39, 0.29) is 12.0 Å². The molecule has 0 aliphatic carbocycles. The van der Waals surface area contributed by atoms with Gasteiger partial charge in [0.2, 0.25) is 0 Å². The summed E-state index contributed by atoms with van der Waals surface area (Å²) in [6, 6.07) is 0.295.